The van der Waals surface area contributed by atoms with Crippen LogP contribution in [0.1, 0.15) is 18.4 Å². The number of rotatable bonds is 5. The van der Waals surface area contributed by atoms with Crippen molar-refractivity contribution in [1.29, 1.82) is 0 Å². The largest absolute Gasteiger partial charge is 0.383 e. The number of nitrogens with zero attached hydrogens (tertiary/aromatic N) is 2. The van der Waals surface area contributed by atoms with Crippen LogP contribution < -0.4 is 5.32 Å². The van der Waals surface area contributed by atoms with Crippen molar-refractivity contribution in [3.05, 3.63) is 35.9 Å². The number of hydrogen-bond acceptors (Lipinski definition) is 4. The summed E-state index contributed by atoms with van der Waals surface area (Å²) in [6, 6.07) is 9.63. The van der Waals surface area contributed by atoms with Crippen LogP contribution in [0.25, 0.3) is 0 Å². The summed E-state index contributed by atoms with van der Waals surface area (Å²) < 4.78 is 32.0. The smallest absolute Gasteiger partial charge is 0.317 e. The van der Waals surface area contributed by atoms with Crippen molar-refractivity contribution >= 4 is 16.1 Å². The first kappa shape index (κ1) is 19.1. The van der Waals surface area contributed by atoms with Crippen LogP contribution in [0.5, 0.6) is 0 Å². The lowest BCUT2D eigenvalue weighted by atomic mass is 10.0. The van der Waals surface area contributed by atoms with Crippen molar-refractivity contribution < 1.29 is 17.9 Å². The first-order valence-corrected chi connectivity index (χ1v) is 10.6. The fourth-order valence-corrected chi connectivity index (χ4v) is 6.02. The summed E-state index contributed by atoms with van der Waals surface area (Å²) in [5.41, 5.74) is 1.05. The normalized spacial score (nSPS) is 25.5. The zero-order valence-electron chi connectivity index (χ0n) is 15.1. The molecule has 1 N–H and O–H groups in total. The van der Waals surface area contributed by atoms with Crippen LogP contribution in [0.2, 0.25) is 0 Å². The highest BCUT2D eigenvalue weighted by atomic mass is 32.2. The predicted molar refractivity (Wildman–Crippen MR) is 99.1 cm³/mol. The molecule has 2 heterocycles. The molecule has 0 aromatic heterocycles. The van der Waals surface area contributed by atoms with Gasteiger partial charge in [-0.1, -0.05) is 30.3 Å². The predicted octanol–water partition coefficient (Wildman–Crippen LogP) is 1.27. The average Bonchev–Trinajstić information content (AvgIpc) is 2.79. The second kappa shape index (κ2) is 8.37. The molecule has 0 aliphatic carbocycles. The number of hydrogen-bond donors (Lipinski definition) is 1. The highest BCUT2D eigenvalue weighted by Crippen LogP contribution is 2.34. The van der Waals surface area contributed by atoms with Crippen molar-refractivity contribution in [3.63, 3.8) is 0 Å². The van der Waals surface area contributed by atoms with E-state index in [0.717, 1.165) is 5.56 Å². The van der Waals surface area contributed by atoms with Gasteiger partial charge >= 0.3 is 6.03 Å². The highest BCUT2D eigenvalue weighted by Gasteiger charge is 2.46. The second-order valence-electron chi connectivity index (χ2n) is 6.90. The van der Waals surface area contributed by atoms with E-state index in [1.807, 2.05) is 30.3 Å². The van der Waals surface area contributed by atoms with Crippen molar-refractivity contribution in [2.45, 2.75) is 24.6 Å². The van der Waals surface area contributed by atoms with Gasteiger partial charge < -0.3 is 15.0 Å². The van der Waals surface area contributed by atoms with Gasteiger partial charge in [0.25, 0.3) is 0 Å². The van der Waals surface area contributed by atoms with Crippen molar-refractivity contribution in [3.8, 4) is 0 Å². The molecule has 0 radical (unpaired) electrons. The molecule has 7 nitrogen and oxygen atoms in total. The zero-order valence-corrected chi connectivity index (χ0v) is 16.0. The standard InChI is InChI=1S/C18H27N3O4S/c1-25-12-11-21-14-16-7-9-20(10-8-17(16)26(21,23)24)18(22)19-13-15-5-3-2-4-6-15/h2-6,16-17H,7-14H2,1H3,(H,19,22)/t16-,17-/m0/s1. The van der Waals surface area contributed by atoms with Gasteiger partial charge in [-0.3, -0.25) is 0 Å². The van der Waals surface area contributed by atoms with Gasteiger partial charge in [0, 0.05) is 39.8 Å². The van der Waals surface area contributed by atoms with E-state index >= 15 is 0 Å². The third-order valence-corrected chi connectivity index (χ3v) is 7.72. The summed E-state index contributed by atoms with van der Waals surface area (Å²) >= 11 is 0. The van der Waals surface area contributed by atoms with Crippen molar-refractivity contribution in [2.75, 3.05) is 39.9 Å². The number of amides is 2. The van der Waals surface area contributed by atoms with Gasteiger partial charge in [-0.25, -0.2) is 13.2 Å². The fourth-order valence-electron chi connectivity index (χ4n) is 3.80. The monoisotopic (exact) mass is 381 g/mol. The van der Waals surface area contributed by atoms with Crippen molar-refractivity contribution in [1.82, 2.24) is 14.5 Å². The molecule has 2 aliphatic rings. The molecular weight excluding hydrogens is 354 g/mol. The van der Waals surface area contributed by atoms with Gasteiger partial charge in [0.2, 0.25) is 10.0 Å². The molecule has 2 saturated heterocycles. The maximum absolute atomic E-state index is 12.7. The van der Waals surface area contributed by atoms with E-state index in [1.165, 1.54) is 0 Å². The van der Waals surface area contributed by atoms with Gasteiger partial charge in [-0.15, -0.1) is 0 Å². The van der Waals surface area contributed by atoms with E-state index in [-0.39, 0.29) is 17.2 Å². The quantitative estimate of drug-likeness (QED) is 0.833. The van der Waals surface area contributed by atoms with Crippen LogP contribution in [-0.2, 0) is 21.3 Å². The van der Waals surface area contributed by atoms with Gasteiger partial charge in [0.05, 0.1) is 11.9 Å². The molecule has 26 heavy (non-hydrogen) atoms. The molecule has 1 aromatic carbocycles. The van der Waals surface area contributed by atoms with Crippen LogP contribution in [0, 0.1) is 5.92 Å². The Morgan fingerprint density at radius 1 is 1.23 bits per heavy atom. The van der Waals surface area contributed by atoms with E-state index in [2.05, 4.69) is 5.32 Å². The molecule has 0 unspecified atom stereocenters. The maximum atomic E-state index is 12.7. The summed E-state index contributed by atoms with van der Waals surface area (Å²) in [5.74, 6) is 0.0868. The number of sulfonamides is 1. The Morgan fingerprint density at radius 3 is 2.69 bits per heavy atom. The molecule has 8 heteroatoms. The van der Waals surface area contributed by atoms with Crippen LogP contribution in [0.15, 0.2) is 30.3 Å². The Morgan fingerprint density at radius 2 is 1.96 bits per heavy atom. The molecule has 144 valence electrons. The number of benzene rings is 1. The Hall–Kier alpha value is -1.64. The number of likely N-dealkylation sites (tertiary alicyclic amines) is 1. The first-order valence-electron chi connectivity index (χ1n) is 9.07. The molecule has 2 aliphatic heterocycles. The van der Waals surface area contributed by atoms with Gasteiger partial charge in [0.1, 0.15) is 0 Å². The maximum Gasteiger partial charge on any atom is 0.317 e. The van der Waals surface area contributed by atoms with E-state index < -0.39 is 10.0 Å². The minimum Gasteiger partial charge on any atom is -0.383 e. The van der Waals surface area contributed by atoms with Crippen LogP contribution in [0.4, 0.5) is 4.79 Å². The van der Waals surface area contributed by atoms with E-state index in [9.17, 15) is 13.2 Å². The summed E-state index contributed by atoms with van der Waals surface area (Å²) in [6.07, 6.45) is 1.21. The molecule has 0 saturated carbocycles. The molecule has 1 aromatic rings. The van der Waals surface area contributed by atoms with Crippen molar-refractivity contribution in [2.24, 2.45) is 5.92 Å². The van der Waals surface area contributed by atoms with Crippen LogP contribution >= 0.6 is 0 Å². The number of nitrogens with one attached hydrogen (secondary N) is 1. The topological polar surface area (TPSA) is 79.0 Å². The summed E-state index contributed by atoms with van der Waals surface area (Å²) in [5, 5.41) is 2.55. The van der Waals surface area contributed by atoms with Crippen LogP contribution in [-0.4, -0.2) is 68.8 Å². The van der Waals surface area contributed by atoms with E-state index in [1.54, 1.807) is 16.3 Å². The lowest BCUT2D eigenvalue weighted by molar-refractivity contribution is 0.177. The molecule has 0 spiro atoms. The number of fused-ring (bicyclic) bond motifs is 1. The van der Waals surface area contributed by atoms with Gasteiger partial charge in [-0.05, 0) is 24.3 Å². The Bertz CT molecular complexity index is 710. The number of ether oxygens (including phenoxy) is 1. The molecule has 2 atom stereocenters. The fraction of sp³-hybridized carbons (Fsp3) is 0.611. The van der Waals surface area contributed by atoms with Gasteiger partial charge in [0.15, 0.2) is 0 Å². The molecular formula is C18H27N3O4S. The third kappa shape index (κ3) is 4.19. The van der Waals surface area contributed by atoms with Crippen LogP contribution in [0.3, 0.4) is 0 Å². The number of methoxy groups -OCH3 is 1. The van der Waals surface area contributed by atoms with Gasteiger partial charge in [-0.2, -0.15) is 4.31 Å². The Labute approximate surface area is 155 Å². The SMILES string of the molecule is COCCN1C[C@@H]2CCN(C(=O)NCc3ccccc3)CC[C@@H]2S1(=O)=O. The average molecular weight is 381 g/mol. The molecule has 2 fully saturated rings. The Balaban J connectivity index is 1.56. The molecule has 2 amide bonds. The lowest BCUT2D eigenvalue weighted by Crippen LogP contribution is -2.41. The lowest BCUT2D eigenvalue weighted by Gasteiger charge is -2.22. The molecule has 0 bridgehead atoms. The Kier molecular flexibility index (Phi) is 6.16. The zero-order chi connectivity index (χ0) is 18.6. The highest BCUT2D eigenvalue weighted by molar-refractivity contribution is 7.90. The molecule has 3 rings (SSSR count). The van der Waals surface area contributed by atoms with E-state index in [0.29, 0.717) is 52.2 Å². The third-order valence-electron chi connectivity index (χ3n) is 5.28. The second-order valence-corrected chi connectivity index (χ2v) is 9.05. The number of carbonyl (C=O) groups excluding carboxylic acids is 1. The summed E-state index contributed by atoms with van der Waals surface area (Å²) in [4.78, 5) is 14.2. The number of urea groups is 1. The summed E-state index contributed by atoms with van der Waals surface area (Å²) in [7, 11) is -1.72. The number of carbonyl (C=O) groups is 1. The minimum atomic E-state index is -3.29. The first-order chi connectivity index (χ1) is 12.5. The minimum absolute atomic E-state index is 0.0868. The summed E-state index contributed by atoms with van der Waals surface area (Å²) in [6.45, 7) is 2.90. The van der Waals surface area contributed by atoms with E-state index in [4.69, 9.17) is 4.74 Å².